The minimum absolute atomic E-state index is 0.102. The molecule has 0 aliphatic rings. The smallest absolute Gasteiger partial charge is 0.326 e. The van der Waals surface area contributed by atoms with Gasteiger partial charge in [0.15, 0.2) is 11.5 Å². The number of nitrogens with zero attached hydrogens (tertiary/aromatic N) is 1. The maximum atomic E-state index is 13.2. The zero-order chi connectivity index (χ0) is 20.2. The van der Waals surface area contributed by atoms with Crippen LogP contribution in [0.3, 0.4) is 0 Å². The third kappa shape index (κ3) is 4.58. The molecule has 0 atom stereocenters. The summed E-state index contributed by atoms with van der Waals surface area (Å²) < 4.78 is 42.2. The largest absolute Gasteiger partial charge is 0.493 e. The number of carbonyl (C=O) groups excluding carboxylic acids is 1. The molecular formula is C17H17Cl2NO6S. The van der Waals surface area contributed by atoms with Crippen LogP contribution in [0.1, 0.15) is 0 Å². The number of hydrogen-bond acceptors (Lipinski definition) is 6. The van der Waals surface area contributed by atoms with Crippen LogP contribution in [0.5, 0.6) is 11.5 Å². The summed E-state index contributed by atoms with van der Waals surface area (Å²) in [5.41, 5.74) is 0.157. The lowest BCUT2D eigenvalue weighted by Gasteiger charge is -2.24. The van der Waals surface area contributed by atoms with Crippen molar-refractivity contribution in [3.8, 4) is 11.5 Å². The Morgan fingerprint density at radius 1 is 0.963 bits per heavy atom. The highest BCUT2D eigenvalue weighted by Crippen LogP contribution is 2.34. The summed E-state index contributed by atoms with van der Waals surface area (Å²) >= 11 is 11.9. The molecule has 0 saturated carbocycles. The molecule has 0 saturated heterocycles. The Balaban J connectivity index is 2.59. The molecule has 0 fully saturated rings. The van der Waals surface area contributed by atoms with Gasteiger partial charge in [-0.05, 0) is 30.3 Å². The first-order valence-corrected chi connectivity index (χ1v) is 9.70. The number of halogens is 2. The van der Waals surface area contributed by atoms with Gasteiger partial charge < -0.3 is 14.2 Å². The number of ether oxygens (including phenoxy) is 3. The first kappa shape index (κ1) is 21.1. The van der Waals surface area contributed by atoms with Crippen molar-refractivity contribution >= 4 is 44.9 Å². The summed E-state index contributed by atoms with van der Waals surface area (Å²) in [5.74, 6) is -0.152. The monoisotopic (exact) mass is 433 g/mol. The molecule has 0 bridgehead atoms. The van der Waals surface area contributed by atoms with Crippen molar-refractivity contribution in [2.45, 2.75) is 4.90 Å². The Hall–Kier alpha value is -2.16. The molecule has 2 aromatic carbocycles. The third-order valence-corrected chi connectivity index (χ3v) is 6.14. The number of esters is 1. The molecule has 27 heavy (non-hydrogen) atoms. The van der Waals surface area contributed by atoms with E-state index >= 15 is 0 Å². The van der Waals surface area contributed by atoms with Crippen molar-refractivity contribution in [3.05, 3.63) is 46.4 Å². The predicted molar refractivity (Wildman–Crippen MR) is 103 cm³/mol. The lowest BCUT2D eigenvalue weighted by atomic mass is 10.3. The highest BCUT2D eigenvalue weighted by Gasteiger charge is 2.29. The number of hydrogen-bond donors (Lipinski definition) is 0. The van der Waals surface area contributed by atoms with Crippen molar-refractivity contribution in [1.82, 2.24) is 0 Å². The summed E-state index contributed by atoms with van der Waals surface area (Å²) in [4.78, 5) is 11.7. The van der Waals surface area contributed by atoms with Crippen LogP contribution in [0.4, 0.5) is 5.69 Å². The van der Waals surface area contributed by atoms with Crippen LogP contribution in [-0.2, 0) is 19.6 Å². The molecule has 0 aliphatic heterocycles. The van der Waals surface area contributed by atoms with Gasteiger partial charge in [0.05, 0.1) is 42.0 Å². The van der Waals surface area contributed by atoms with Gasteiger partial charge in [0.2, 0.25) is 0 Å². The summed E-state index contributed by atoms with van der Waals surface area (Å²) in [6.45, 7) is -0.550. The van der Waals surface area contributed by atoms with Gasteiger partial charge in [-0.1, -0.05) is 23.2 Å². The molecule has 2 rings (SSSR count). The predicted octanol–water partition coefficient (Wildman–Crippen LogP) is 3.38. The number of carbonyl (C=O) groups is 1. The SMILES string of the molecule is COC(=O)CN(c1ccc(Cl)c(Cl)c1)S(=O)(=O)c1ccc(OC)c(OC)c1. The number of sulfonamides is 1. The van der Waals surface area contributed by atoms with E-state index in [1.54, 1.807) is 0 Å². The topological polar surface area (TPSA) is 82.1 Å². The zero-order valence-electron chi connectivity index (χ0n) is 14.7. The fourth-order valence-corrected chi connectivity index (χ4v) is 3.95. The van der Waals surface area contributed by atoms with E-state index in [0.29, 0.717) is 5.75 Å². The van der Waals surface area contributed by atoms with E-state index in [4.69, 9.17) is 32.7 Å². The van der Waals surface area contributed by atoms with E-state index in [1.165, 1.54) is 57.7 Å². The number of anilines is 1. The fourth-order valence-electron chi connectivity index (χ4n) is 2.24. The second-order valence-corrected chi connectivity index (χ2v) is 7.88. The number of methoxy groups -OCH3 is 3. The average molecular weight is 434 g/mol. The van der Waals surface area contributed by atoms with Gasteiger partial charge in [-0.15, -0.1) is 0 Å². The molecule has 2 aromatic rings. The highest BCUT2D eigenvalue weighted by atomic mass is 35.5. The fraction of sp³-hybridized carbons (Fsp3) is 0.235. The summed E-state index contributed by atoms with van der Waals surface area (Å²) in [5, 5.41) is 0.397. The molecule has 10 heteroatoms. The lowest BCUT2D eigenvalue weighted by molar-refractivity contribution is -0.138. The molecule has 0 aromatic heterocycles. The summed E-state index contributed by atoms with van der Waals surface area (Å²) in [7, 11) is -0.162. The summed E-state index contributed by atoms with van der Waals surface area (Å²) in [6.07, 6.45) is 0. The van der Waals surface area contributed by atoms with Gasteiger partial charge in [0, 0.05) is 6.07 Å². The highest BCUT2D eigenvalue weighted by molar-refractivity contribution is 7.92. The number of benzene rings is 2. The first-order chi connectivity index (χ1) is 12.7. The van der Waals surface area contributed by atoms with Crippen molar-refractivity contribution in [2.24, 2.45) is 0 Å². The molecule has 0 unspecified atom stereocenters. The van der Waals surface area contributed by atoms with Gasteiger partial charge in [-0.2, -0.15) is 0 Å². The van der Waals surface area contributed by atoms with E-state index in [0.717, 1.165) is 4.31 Å². The van der Waals surface area contributed by atoms with Gasteiger partial charge in [0.25, 0.3) is 10.0 Å². The first-order valence-electron chi connectivity index (χ1n) is 7.51. The molecule has 7 nitrogen and oxygen atoms in total. The Labute approximate surface area is 167 Å². The van der Waals surface area contributed by atoms with Crippen LogP contribution < -0.4 is 13.8 Å². The normalized spacial score (nSPS) is 11.0. The van der Waals surface area contributed by atoms with E-state index in [1.807, 2.05) is 0 Å². The van der Waals surface area contributed by atoms with E-state index in [-0.39, 0.29) is 26.4 Å². The quantitative estimate of drug-likeness (QED) is 0.622. The van der Waals surface area contributed by atoms with Gasteiger partial charge in [-0.3, -0.25) is 9.10 Å². The minimum atomic E-state index is -4.15. The molecule has 146 valence electrons. The standard InChI is InChI=1S/C17H17Cl2NO6S/c1-24-15-7-5-12(9-16(15)25-2)27(22,23)20(10-17(21)26-3)11-4-6-13(18)14(19)8-11/h4-9H,10H2,1-3H3. The maximum absolute atomic E-state index is 13.2. The average Bonchev–Trinajstić information content (AvgIpc) is 2.67. The molecule has 0 spiro atoms. The van der Waals surface area contributed by atoms with Gasteiger partial charge >= 0.3 is 5.97 Å². The minimum Gasteiger partial charge on any atom is -0.493 e. The molecule has 0 heterocycles. The molecule has 0 amide bonds. The van der Waals surface area contributed by atoms with Crippen LogP contribution in [0.2, 0.25) is 10.0 Å². The summed E-state index contributed by atoms with van der Waals surface area (Å²) in [6, 6.07) is 8.33. The van der Waals surface area contributed by atoms with Crippen molar-refractivity contribution in [2.75, 3.05) is 32.2 Å². The van der Waals surface area contributed by atoms with Gasteiger partial charge in [0.1, 0.15) is 6.54 Å². The lowest BCUT2D eigenvalue weighted by Crippen LogP contribution is -2.36. The van der Waals surface area contributed by atoms with E-state index < -0.39 is 22.5 Å². The van der Waals surface area contributed by atoms with Crippen LogP contribution in [0.15, 0.2) is 41.3 Å². The van der Waals surface area contributed by atoms with Crippen molar-refractivity contribution in [3.63, 3.8) is 0 Å². The van der Waals surface area contributed by atoms with Crippen LogP contribution in [-0.4, -0.2) is 42.3 Å². The van der Waals surface area contributed by atoms with E-state index in [2.05, 4.69) is 4.74 Å². The second kappa shape index (κ2) is 8.69. The number of rotatable bonds is 7. The van der Waals surface area contributed by atoms with Gasteiger partial charge in [-0.25, -0.2) is 8.42 Å². The second-order valence-electron chi connectivity index (χ2n) is 5.20. The van der Waals surface area contributed by atoms with Crippen LogP contribution >= 0.6 is 23.2 Å². The third-order valence-electron chi connectivity index (χ3n) is 3.63. The Bertz CT molecular complexity index is 948. The maximum Gasteiger partial charge on any atom is 0.326 e. The Morgan fingerprint density at radius 3 is 2.19 bits per heavy atom. The van der Waals surface area contributed by atoms with E-state index in [9.17, 15) is 13.2 Å². The van der Waals surface area contributed by atoms with Crippen LogP contribution in [0.25, 0.3) is 0 Å². The molecule has 0 N–H and O–H groups in total. The molecular weight excluding hydrogens is 417 g/mol. The Morgan fingerprint density at radius 2 is 1.63 bits per heavy atom. The van der Waals surface area contributed by atoms with Crippen molar-refractivity contribution in [1.29, 1.82) is 0 Å². The zero-order valence-corrected chi connectivity index (χ0v) is 17.1. The van der Waals surface area contributed by atoms with Crippen LogP contribution in [0, 0.1) is 0 Å². The van der Waals surface area contributed by atoms with Crippen molar-refractivity contribution < 1.29 is 27.4 Å². The molecule has 0 radical (unpaired) electrons. The Kier molecular flexibility index (Phi) is 6.80. The molecule has 0 aliphatic carbocycles.